The molecule has 1 aromatic rings. The van der Waals surface area contributed by atoms with Gasteiger partial charge in [0.05, 0.1) is 10.7 Å². The van der Waals surface area contributed by atoms with Crippen molar-refractivity contribution in [2.45, 2.75) is 31.3 Å². The summed E-state index contributed by atoms with van der Waals surface area (Å²) in [6.07, 6.45) is 1.16. The number of hydrogen-bond acceptors (Lipinski definition) is 4. The monoisotopic (exact) mass is 213 g/mol. The van der Waals surface area contributed by atoms with Crippen molar-refractivity contribution in [2.24, 2.45) is 0 Å². The molecule has 2 N–H and O–H groups in total. The lowest BCUT2D eigenvalue weighted by Gasteiger charge is -2.00. The topological polar surface area (TPSA) is 70.4 Å². The number of hydrogen-bond donors (Lipinski definition) is 2. The van der Waals surface area contributed by atoms with Gasteiger partial charge in [0, 0.05) is 17.7 Å². The van der Waals surface area contributed by atoms with Crippen molar-refractivity contribution >= 4 is 17.3 Å². The molecule has 0 spiro atoms. The molecule has 2 rings (SSSR count). The minimum absolute atomic E-state index is 0.110. The zero-order valence-corrected chi connectivity index (χ0v) is 8.33. The molecule has 0 saturated heterocycles. The van der Waals surface area contributed by atoms with E-state index in [-0.39, 0.29) is 6.42 Å². The van der Waals surface area contributed by atoms with Crippen molar-refractivity contribution in [3.8, 4) is 0 Å². The highest BCUT2D eigenvalue weighted by atomic mass is 32.1. The second-order valence-electron chi connectivity index (χ2n) is 3.51. The van der Waals surface area contributed by atoms with E-state index in [1.807, 2.05) is 5.38 Å². The zero-order chi connectivity index (χ0) is 10.1. The molecule has 0 bridgehead atoms. The smallest absolute Gasteiger partial charge is 0.332 e. The number of carboxylic acids is 1. The lowest BCUT2D eigenvalue weighted by atomic mass is 10.2. The number of aliphatic hydroxyl groups is 1. The second kappa shape index (κ2) is 3.67. The molecule has 1 fully saturated rings. The van der Waals surface area contributed by atoms with Crippen LogP contribution in [0.4, 0.5) is 0 Å². The van der Waals surface area contributed by atoms with Gasteiger partial charge in [-0.05, 0) is 12.8 Å². The van der Waals surface area contributed by atoms with Crippen molar-refractivity contribution < 1.29 is 15.0 Å². The van der Waals surface area contributed by atoms with Gasteiger partial charge in [-0.2, -0.15) is 0 Å². The van der Waals surface area contributed by atoms with Crippen LogP contribution >= 0.6 is 11.3 Å². The first-order valence-electron chi connectivity index (χ1n) is 4.52. The van der Waals surface area contributed by atoms with Gasteiger partial charge in [0.25, 0.3) is 0 Å². The molecule has 1 atom stereocenters. The molecule has 0 aromatic carbocycles. The zero-order valence-electron chi connectivity index (χ0n) is 7.51. The SMILES string of the molecule is O=C(O)C(O)Cc1csc(C2CC2)n1. The average molecular weight is 213 g/mol. The molecule has 1 aliphatic carbocycles. The first-order chi connectivity index (χ1) is 6.66. The molecule has 1 heterocycles. The number of thiazole rings is 1. The fraction of sp³-hybridized carbons (Fsp3) is 0.556. The van der Waals surface area contributed by atoms with Crippen LogP contribution in [0.5, 0.6) is 0 Å². The van der Waals surface area contributed by atoms with Crippen molar-refractivity contribution in [3.05, 3.63) is 16.1 Å². The van der Waals surface area contributed by atoms with Gasteiger partial charge in [-0.1, -0.05) is 0 Å². The number of aliphatic hydroxyl groups excluding tert-OH is 1. The fourth-order valence-electron chi connectivity index (χ4n) is 1.22. The van der Waals surface area contributed by atoms with E-state index in [4.69, 9.17) is 10.2 Å². The van der Waals surface area contributed by atoms with Crippen molar-refractivity contribution in [1.82, 2.24) is 4.98 Å². The highest BCUT2D eigenvalue weighted by Crippen LogP contribution is 2.41. The van der Waals surface area contributed by atoms with E-state index in [9.17, 15) is 4.79 Å². The first kappa shape index (κ1) is 9.61. The molecule has 4 nitrogen and oxygen atoms in total. The van der Waals surface area contributed by atoms with Crippen LogP contribution in [-0.4, -0.2) is 27.3 Å². The summed E-state index contributed by atoms with van der Waals surface area (Å²) in [6.45, 7) is 0. The lowest BCUT2D eigenvalue weighted by molar-refractivity contribution is -0.146. The van der Waals surface area contributed by atoms with Gasteiger partial charge in [0.1, 0.15) is 0 Å². The molecule has 1 aromatic heterocycles. The highest BCUT2D eigenvalue weighted by molar-refractivity contribution is 7.09. The first-order valence-corrected chi connectivity index (χ1v) is 5.40. The van der Waals surface area contributed by atoms with Crippen LogP contribution in [0.25, 0.3) is 0 Å². The van der Waals surface area contributed by atoms with Gasteiger partial charge >= 0.3 is 5.97 Å². The Bertz CT molecular complexity index is 346. The van der Waals surface area contributed by atoms with Crippen LogP contribution in [0.2, 0.25) is 0 Å². The maximum atomic E-state index is 10.4. The number of rotatable bonds is 4. The van der Waals surface area contributed by atoms with E-state index in [1.54, 1.807) is 11.3 Å². The van der Waals surface area contributed by atoms with Gasteiger partial charge in [-0.25, -0.2) is 9.78 Å². The standard InChI is InChI=1S/C9H11NO3S/c11-7(9(12)13)3-6-4-14-8(10-6)5-1-2-5/h4-5,7,11H,1-3H2,(H,12,13). The molecule has 0 radical (unpaired) electrons. The lowest BCUT2D eigenvalue weighted by Crippen LogP contribution is -2.22. The van der Waals surface area contributed by atoms with Crippen molar-refractivity contribution in [3.63, 3.8) is 0 Å². The Morgan fingerprint density at radius 2 is 2.43 bits per heavy atom. The summed E-state index contributed by atoms with van der Waals surface area (Å²) in [5, 5.41) is 20.5. The Kier molecular flexibility index (Phi) is 2.52. The van der Waals surface area contributed by atoms with Crippen LogP contribution < -0.4 is 0 Å². The summed E-state index contributed by atoms with van der Waals surface area (Å²) in [7, 11) is 0. The average Bonchev–Trinajstić information content (AvgIpc) is 2.88. The summed E-state index contributed by atoms with van der Waals surface area (Å²) in [5.41, 5.74) is 0.687. The van der Waals surface area contributed by atoms with Crippen molar-refractivity contribution in [2.75, 3.05) is 0 Å². The van der Waals surface area contributed by atoms with Gasteiger partial charge < -0.3 is 10.2 Å². The number of aliphatic carboxylic acids is 1. The third-order valence-electron chi connectivity index (χ3n) is 2.18. The molecule has 5 heteroatoms. The maximum absolute atomic E-state index is 10.4. The van der Waals surface area contributed by atoms with Gasteiger partial charge in [0.15, 0.2) is 6.10 Å². The Morgan fingerprint density at radius 3 is 3.00 bits per heavy atom. The number of carboxylic acid groups (broad SMARTS) is 1. The van der Waals surface area contributed by atoms with Crippen LogP contribution in [0.1, 0.15) is 29.5 Å². The maximum Gasteiger partial charge on any atom is 0.332 e. The summed E-state index contributed by atoms with van der Waals surface area (Å²) in [6, 6.07) is 0. The van der Waals surface area contributed by atoms with E-state index in [2.05, 4.69) is 4.98 Å². The Hall–Kier alpha value is -0.940. The third kappa shape index (κ3) is 2.10. The molecular formula is C9H11NO3S. The van der Waals surface area contributed by atoms with E-state index in [0.29, 0.717) is 11.6 Å². The number of carbonyl (C=O) groups is 1. The normalized spacial score (nSPS) is 18.1. The molecule has 14 heavy (non-hydrogen) atoms. The minimum atomic E-state index is -1.33. The number of nitrogens with zero attached hydrogens (tertiary/aromatic N) is 1. The largest absolute Gasteiger partial charge is 0.479 e. The van der Waals surface area contributed by atoms with Gasteiger partial charge in [-0.15, -0.1) is 11.3 Å². The van der Waals surface area contributed by atoms with E-state index >= 15 is 0 Å². The molecule has 76 valence electrons. The highest BCUT2D eigenvalue weighted by Gasteiger charge is 2.27. The summed E-state index contributed by atoms with van der Waals surface area (Å²) >= 11 is 1.56. The van der Waals surface area contributed by atoms with E-state index < -0.39 is 12.1 Å². The molecule has 1 saturated carbocycles. The van der Waals surface area contributed by atoms with Crippen LogP contribution in [0, 0.1) is 0 Å². The van der Waals surface area contributed by atoms with Crippen LogP contribution in [-0.2, 0) is 11.2 Å². The van der Waals surface area contributed by atoms with Crippen LogP contribution in [0.15, 0.2) is 5.38 Å². The van der Waals surface area contributed by atoms with Gasteiger partial charge in [-0.3, -0.25) is 0 Å². The quantitative estimate of drug-likeness (QED) is 0.783. The molecule has 1 unspecified atom stereocenters. The molecule has 1 aliphatic rings. The Labute approximate surface area is 85.2 Å². The Balaban J connectivity index is 1.98. The summed E-state index contributed by atoms with van der Waals surface area (Å²) < 4.78 is 0. The summed E-state index contributed by atoms with van der Waals surface area (Å²) in [4.78, 5) is 14.7. The predicted molar refractivity (Wildman–Crippen MR) is 51.4 cm³/mol. The molecular weight excluding hydrogens is 202 g/mol. The second-order valence-corrected chi connectivity index (χ2v) is 4.40. The number of aromatic nitrogens is 1. The fourth-order valence-corrected chi connectivity index (χ4v) is 2.22. The molecule has 0 amide bonds. The van der Waals surface area contributed by atoms with Gasteiger partial charge in [0.2, 0.25) is 0 Å². The van der Waals surface area contributed by atoms with Crippen molar-refractivity contribution in [1.29, 1.82) is 0 Å². The summed E-state index contributed by atoms with van der Waals surface area (Å²) in [5.74, 6) is -0.596. The molecule has 0 aliphatic heterocycles. The van der Waals surface area contributed by atoms with E-state index in [0.717, 1.165) is 5.01 Å². The predicted octanol–water partition coefficient (Wildman–Crippen LogP) is 1.01. The van der Waals surface area contributed by atoms with E-state index in [1.165, 1.54) is 12.8 Å². The Morgan fingerprint density at radius 1 is 1.71 bits per heavy atom. The third-order valence-corrected chi connectivity index (χ3v) is 3.24. The van der Waals surface area contributed by atoms with Crippen LogP contribution in [0.3, 0.4) is 0 Å². The minimum Gasteiger partial charge on any atom is -0.479 e.